The van der Waals surface area contributed by atoms with Crippen LogP contribution in [0.5, 0.6) is 11.5 Å². The van der Waals surface area contributed by atoms with Gasteiger partial charge in [-0.1, -0.05) is 140 Å². The van der Waals surface area contributed by atoms with Gasteiger partial charge in [-0.3, -0.25) is 86.3 Å². The Morgan fingerprint density at radius 2 is 0.852 bits per heavy atom. The minimum absolute atomic E-state index is 0.115. The summed E-state index contributed by atoms with van der Waals surface area (Å²) >= 11 is 0. The molecule has 780 valence electrons. The number of phenolic OH excluding ortho intramolecular Hbond substituents is 2. The number of aliphatic hydroxyl groups excluding tert-OH is 1. The first kappa shape index (κ1) is 108. The van der Waals surface area contributed by atoms with Crippen molar-refractivity contribution in [3.63, 3.8) is 0 Å². The van der Waals surface area contributed by atoms with Gasteiger partial charge in [-0.15, -0.1) is 0 Å². The molecule has 46 nitrogen and oxygen atoms in total. The summed E-state index contributed by atoms with van der Waals surface area (Å²) in [5.41, 5.74) is 16.6. The van der Waals surface area contributed by atoms with Crippen molar-refractivity contribution in [1.82, 2.24) is 110 Å². The first-order valence-electron chi connectivity index (χ1n) is 47.9. The van der Waals surface area contributed by atoms with E-state index in [-0.39, 0.29) is 63.0 Å². The van der Waals surface area contributed by atoms with Crippen LogP contribution < -0.4 is 91.2 Å². The third kappa shape index (κ3) is 30.3. The van der Waals surface area contributed by atoms with E-state index in [1.54, 1.807) is 146 Å². The summed E-state index contributed by atoms with van der Waals surface area (Å²) in [7, 11) is 0. The number of phenols is 2. The molecule has 27 N–H and O–H groups in total. The minimum Gasteiger partial charge on any atom is -0.508 e. The predicted octanol–water partition coefficient (Wildman–Crippen LogP) is -2.33. The molecule has 0 spiro atoms. The Bertz CT molecular complexity index is 6740. The number of rotatable bonds is 35. The van der Waals surface area contributed by atoms with Crippen molar-refractivity contribution >= 4 is 145 Å². The Hall–Kier alpha value is -18.1. The molecule has 4 aromatic heterocycles. The van der Waals surface area contributed by atoms with Crippen molar-refractivity contribution in [2.24, 2.45) is 11.5 Å². The number of carbonyl (C=O) groups excluding carboxylic acids is 18. The lowest BCUT2D eigenvalue weighted by molar-refractivity contribution is -0.143. The summed E-state index contributed by atoms with van der Waals surface area (Å²) in [6, 6.07) is 23.5. The van der Waals surface area contributed by atoms with Crippen molar-refractivity contribution in [1.29, 1.82) is 0 Å². The zero-order valence-electron chi connectivity index (χ0n) is 80.8. The summed E-state index contributed by atoms with van der Waals surface area (Å²) in [5, 5.41) is 81.7. The van der Waals surface area contributed by atoms with Crippen LogP contribution in [0, 0.1) is 0 Å². The van der Waals surface area contributed by atoms with Gasteiger partial charge in [0.2, 0.25) is 106 Å². The maximum absolute atomic E-state index is 15.9. The van der Waals surface area contributed by atoms with E-state index in [1.807, 2.05) is 0 Å². The SMILES string of the molecule is C[C@H]1NC(=O)[C@H]([C@@H](C)O)NC(=O)CNC(=O)[C@H](Cc2cnc[nH]2)NC(=O)[C@H](Cc2c[nH]c3ccccc23)NC(=O)CC(C(N)=O)NC(=O)CNC(=O)C[C@@H](C(=O)N[C@@H](Cc2c[nH]c3ccccc23)C(=O)N[C@@H](Cc2ccccc2)C(=O)N[C@@H](Cc2ccccc2)C(=O)N[C@@H](CC(N)=O)C(=O)N[C@@H](Cc2ccc(O)cc2)C(=O)N[C@@H](Cc2ccc(O)cc2)C(=O)N[C@@H](Cc2c[nH]c3ccccc23)C(=O)O)NC(=O)[C@@H]2CCCN2C1=O. The lowest BCUT2D eigenvalue weighted by Gasteiger charge is -2.30. The van der Waals surface area contributed by atoms with Crippen molar-refractivity contribution in [2.45, 2.75) is 188 Å². The van der Waals surface area contributed by atoms with Gasteiger partial charge in [0.05, 0.1) is 44.8 Å². The van der Waals surface area contributed by atoms with E-state index in [2.05, 4.69) is 105 Å². The lowest BCUT2D eigenvalue weighted by Crippen LogP contribution is -2.62. The number of para-hydroxylation sites is 3. The zero-order valence-corrected chi connectivity index (χ0v) is 80.8. The number of aliphatic carboxylic acids is 1. The minimum atomic E-state index is -2.10. The Balaban J connectivity index is 0.776. The third-order valence-electron chi connectivity index (χ3n) is 25.3. The molecular formula is C103H115N23O23. The summed E-state index contributed by atoms with van der Waals surface area (Å²) < 4.78 is 0. The molecule has 11 aromatic rings. The number of carbonyl (C=O) groups is 19. The third-order valence-corrected chi connectivity index (χ3v) is 25.3. The molecule has 0 bridgehead atoms. The molecule has 13 rings (SSSR count). The fourth-order valence-electron chi connectivity index (χ4n) is 17.5. The second-order valence-electron chi connectivity index (χ2n) is 36.4. The zero-order chi connectivity index (χ0) is 107. The van der Waals surface area contributed by atoms with E-state index in [9.17, 15) is 78.0 Å². The number of amides is 18. The lowest BCUT2D eigenvalue weighted by atomic mass is 10.00. The number of hydrogen-bond donors (Lipinski definition) is 25. The highest BCUT2D eigenvalue weighted by atomic mass is 16.4. The Morgan fingerprint density at radius 1 is 0.423 bits per heavy atom. The number of hydrogen-bond acceptors (Lipinski definition) is 23. The number of aliphatic hydroxyl groups is 1. The normalized spacial score (nSPS) is 19.1. The number of fused-ring (bicyclic) bond motifs is 4. The van der Waals surface area contributed by atoms with Crippen LogP contribution in [0.2, 0.25) is 0 Å². The summed E-state index contributed by atoms with van der Waals surface area (Å²) in [6.07, 6.45) is -0.164. The maximum atomic E-state index is 15.9. The Morgan fingerprint density at radius 3 is 1.34 bits per heavy atom. The summed E-state index contributed by atoms with van der Waals surface area (Å²) in [5.74, 6) is -21.8. The van der Waals surface area contributed by atoms with Crippen LogP contribution in [-0.4, -0.2) is 273 Å². The molecule has 2 fully saturated rings. The van der Waals surface area contributed by atoms with E-state index in [0.29, 0.717) is 77.3 Å². The van der Waals surface area contributed by atoms with Gasteiger partial charge in [0.15, 0.2) is 0 Å². The first-order valence-corrected chi connectivity index (χ1v) is 47.9. The molecular weight excluding hydrogens is 1930 g/mol. The highest BCUT2D eigenvalue weighted by molar-refractivity contribution is 6.04. The largest absolute Gasteiger partial charge is 0.508 e. The molecule has 18 amide bonds. The number of primary amides is 2. The predicted molar refractivity (Wildman–Crippen MR) is 535 cm³/mol. The van der Waals surface area contributed by atoms with Crippen molar-refractivity contribution in [3.05, 3.63) is 258 Å². The number of carboxylic acids is 1. The molecule has 6 heterocycles. The summed E-state index contributed by atoms with van der Waals surface area (Å²) in [6.45, 7) is 0.298. The van der Waals surface area contributed by atoms with Crippen LogP contribution in [0.3, 0.4) is 0 Å². The van der Waals surface area contributed by atoms with Gasteiger partial charge in [-0.05, 0) is 108 Å². The second-order valence-corrected chi connectivity index (χ2v) is 36.4. The number of aromatic nitrogens is 5. The first-order chi connectivity index (χ1) is 71.4. The van der Waals surface area contributed by atoms with Gasteiger partial charge in [-0.25, -0.2) is 9.78 Å². The quantitative estimate of drug-likeness (QED) is 0.0198. The molecule has 0 radical (unpaired) electrons. The van der Waals surface area contributed by atoms with Gasteiger partial charge >= 0.3 is 5.97 Å². The molecule has 2 aliphatic rings. The smallest absolute Gasteiger partial charge is 0.326 e. The number of nitrogens with two attached hydrogens (primary N) is 2. The number of H-pyrrole nitrogens is 4. The van der Waals surface area contributed by atoms with Gasteiger partial charge in [0.25, 0.3) is 0 Å². The number of benzene rings is 7. The van der Waals surface area contributed by atoms with Crippen LogP contribution in [-0.2, 0) is 142 Å². The van der Waals surface area contributed by atoms with E-state index in [0.717, 1.165) is 11.8 Å². The maximum Gasteiger partial charge on any atom is 0.326 e. The van der Waals surface area contributed by atoms with Crippen LogP contribution >= 0.6 is 0 Å². The number of carboxylic acid groups (broad SMARTS) is 1. The average Bonchev–Trinajstić information content (AvgIpc) is 1.65. The second kappa shape index (κ2) is 50.9. The Kier molecular flexibility index (Phi) is 36.9. The number of nitrogens with zero attached hydrogens (tertiary/aromatic N) is 2. The average molecular weight is 2040 g/mol. The van der Waals surface area contributed by atoms with Gasteiger partial charge in [0, 0.05) is 121 Å². The van der Waals surface area contributed by atoms with Crippen molar-refractivity contribution in [2.75, 3.05) is 19.6 Å². The molecule has 1 unspecified atom stereocenters. The monoisotopic (exact) mass is 2040 g/mol. The highest BCUT2D eigenvalue weighted by Gasteiger charge is 2.43. The topological polar surface area (TPSA) is 717 Å². The fourth-order valence-corrected chi connectivity index (χ4v) is 17.5. The molecule has 2 saturated heterocycles. The molecule has 15 atom stereocenters. The van der Waals surface area contributed by atoms with Crippen molar-refractivity contribution in [3.8, 4) is 11.5 Å². The molecule has 0 saturated carbocycles. The number of nitrogens with one attached hydrogen (secondary N) is 19. The van der Waals surface area contributed by atoms with E-state index in [4.69, 9.17) is 11.5 Å². The van der Waals surface area contributed by atoms with Gasteiger partial charge in [0.1, 0.15) is 96.1 Å². The highest BCUT2D eigenvalue weighted by Crippen LogP contribution is 2.27. The van der Waals surface area contributed by atoms with E-state index < -0.39 is 255 Å². The van der Waals surface area contributed by atoms with E-state index >= 15 is 33.6 Å². The molecule has 46 heteroatoms. The fraction of sp³-hybridized carbons (Fsp3) is 0.320. The van der Waals surface area contributed by atoms with Gasteiger partial charge in [-0.2, -0.15) is 0 Å². The van der Waals surface area contributed by atoms with Crippen LogP contribution in [0.25, 0.3) is 32.7 Å². The number of aromatic hydroxyl groups is 2. The van der Waals surface area contributed by atoms with Crippen LogP contribution in [0.1, 0.15) is 90.6 Å². The molecule has 149 heavy (non-hydrogen) atoms. The molecule has 2 aliphatic heterocycles. The summed E-state index contributed by atoms with van der Waals surface area (Å²) in [4.78, 5) is 294. The van der Waals surface area contributed by atoms with Gasteiger partial charge < -0.3 is 136 Å². The Labute approximate surface area is 850 Å². The standard InChI is InChI=1S/C103H115N23O23/c1-54-102(147)126-35-15-26-83(126)100(145)123-81(46-85(131)110-51-87(133)114-72(90(105)135)45-86(132)115-77(40-60-47-107-69-23-12-9-20-66(60)69)96(141)121-79(43-63-50-106-53-112-63)91(136)111-52-88(134)125-89(55(2)127)101(146)113-54)99(144)120-78(41-61-48-108-70-24-13-10-21-67(61)70)97(142)118-73(36-56-16-5-3-6-17-56)92(137)116-74(37-57-18-7-4-8-19-57)94(139)122-80(44-84(104)130)98(143)119-75(38-58-27-31-64(128)32-28-58)93(138)117-76(39-59-29-33-65(129)34-30-59)95(140)124-82(103(148)149)42-62-49-109-71-25-14-11-22-68(62)71/h3-14,16-25,27-34,47-50,53-55,72-83,89,107-109,127-129H,15,26,35-46,51-52H2,1-2H3,(H2,104,130)(H2,105,135)(H,106,112)(H,110,131)(H,111,136)(H,113,146)(H,114,133)(H,115,132)(H,116,137)(H,117,138)(H,118,142)(H,119,143)(H,120,144)(H,121,141)(H,122,139)(H,123,145)(H,124,140)(H,125,134)(H,148,149)/t54-,55-,72?,73+,74+,75+,76+,77+,78+,79+,80+,81+,82+,83+,89+/m1/s1. The molecule has 0 aliphatic carbocycles. The van der Waals surface area contributed by atoms with Crippen LogP contribution in [0.4, 0.5) is 0 Å². The molecule has 7 aromatic carbocycles. The van der Waals surface area contributed by atoms with Crippen LogP contribution in [0.15, 0.2) is 213 Å². The van der Waals surface area contributed by atoms with Crippen molar-refractivity contribution < 1.29 is 112 Å². The number of imidazole rings is 1. The number of aromatic amines is 4. The van der Waals surface area contributed by atoms with E-state index in [1.165, 1.54) is 74.2 Å².